The van der Waals surface area contributed by atoms with Gasteiger partial charge >= 0.3 is 0 Å². The Bertz CT molecular complexity index is 491. The summed E-state index contributed by atoms with van der Waals surface area (Å²) in [5.74, 6) is 1.56. The van der Waals surface area contributed by atoms with Gasteiger partial charge in [-0.05, 0) is 36.7 Å². The Balaban J connectivity index is 2.12. The lowest BCUT2D eigenvalue weighted by molar-refractivity contribution is 0.386. The minimum Gasteiger partial charge on any atom is -0.259 e. The maximum Gasteiger partial charge on any atom is 0.0668 e. The van der Waals surface area contributed by atoms with Gasteiger partial charge in [0.2, 0.25) is 0 Å². The van der Waals surface area contributed by atoms with E-state index >= 15 is 0 Å². The van der Waals surface area contributed by atoms with Crippen molar-refractivity contribution in [3.63, 3.8) is 0 Å². The third-order valence-electron chi connectivity index (χ3n) is 4.06. The van der Waals surface area contributed by atoms with Crippen molar-refractivity contribution in [1.29, 1.82) is 5.26 Å². The second-order valence-corrected chi connectivity index (χ2v) is 7.84. The smallest absolute Gasteiger partial charge is 0.0668 e. The summed E-state index contributed by atoms with van der Waals surface area (Å²) in [6.07, 6.45) is 2.81. The SMILES string of the molecule is CC(C)CS(=O)C1CC(c2ccccc2)CCC1C#N. The molecule has 2 nitrogen and oxygen atoms in total. The van der Waals surface area contributed by atoms with Crippen LogP contribution in [0.15, 0.2) is 30.3 Å². The van der Waals surface area contributed by atoms with Gasteiger partial charge in [-0.25, -0.2) is 0 Å². The van der Waals surface area contributed by atoms with Crippen molar-refractivity contribution in [3.05, 3.63) is 35.9 Å². The second-order valence-electron chi connectivity index (χ2n) is 6.14. The third-order valence-corrected chi connectivity index (χ3v) is 6.26. The van der Waals surface area contributed by atoms with Crippen LogP contribution in [0, 0.1) is 23.2 Å². The molecule has 4 unspecified atom stereocenters. The minimum absolute atomic E-state index is 0.0328. The van der Waals surface area contributed by atoms with Crippen LogP contribution in [0.4, 0.5) is 0 Å². The molecule has 0 aliphatic heterocycles. The van der Waals surface area contributed by atoms with E-state index in [4.69, 9.17) is 0 Å². The highest BCUT2D eigenvalue weighted by Gasteiger charge is 2.35. The standard InChI is InChI=1S/C17H23NOS/c1-13(2)12-20(19)17-10-15(8-9-16(17)11-18)14-6-4-3-5-7-14/h3-7,13,15-17H,8-10,12H2,1-2H3. The van der Waals surface area contributed by atoms with Gasteiger partial charge in [-0.2, -0.15) is 5.26 Å². The number of nitrogens with zero attached hydrogens (tertiary/aromatic N) is 1. The highest BCUT2D eigenvalue weighted by atomic mass is 32.2. The van der Waals surface area contributed by atoms with Crippen molar-refractivity contribution in [2.45, 2.75) is 44.3 Å². The fourth-order valence-electron chi connectivity index (χ4n) is 3.05. The Labute approximate surface area is 124 Å². The van der Waals surface area contributed by atoms with Crippen LogP contribution < -0.4 is 0 Å². The summed E-state index contributed by atoms with van der Waals surface area (Å²) in [5.41, 5.74) is 1.33. The van der Waals surface area contributed by atoms with E-state index in [0.29, 0.717) is 17.6 Å². The predicted octanol–water partition coefficient (Wildman–Crippen LogP) is 3.87. The van der Waals surface area contributed by atoms with Gasteiger partial charge in [0.15, 0.2) is 0 Å². The zero-order valence-electron chi connectivity index (χ0n) is 12.3. The second kappa shape index (κ2) is 7.04. The average molecular weight is 289 g/mol. The Morgan fingerprint density at radius 1 is 1.30 bits per heavy atom. The molecule has 0 spiro atoms. The molecule has 0 N–H and O–H groups in total. The van der Waals surface area contributed by atoms with Crippen LogP contribution >= 0.6 is 0 Å². The van der Waals surface area contributed by atoms with Crippen molar-refractivity contribution < 1.29 is 4.21 Å². The lowest BCUT2D eigenvalue weighted by Gasteiger charge is -2.32. The summed E-state index contributed by atoms with van der Waals surface area (Å²) in [7, 11) is -0.883. The predicted molar refractivity (Wildman–Crippen MR) is 83.8 cm³/mol. The van der Waals surface area contributed by atoms with Gasteiger partial charge in [0, 0.05) is 16.6 Å². The fraction of sp³-hybridized carbons (Fsp3) is 0.588. The van der Waals surface area contributed by atoms with Crippen LogP contribution in [0.1, 0.15) is 44.6 Å². The first-order chi connectivity index (χ1) is 9.61. The molecular formula is C17H23NOS. The maximum atomic E-state index is 12.5. The molecular weight excluding hydrogens is 266 g/mol. The molecule has 1 aliphatic rings. The maximum absolute atomic E-state index is 12.5. The van der Waals surface area contributed by atoms with Gasteiger partial charge in [-0.3, -0.25) is 4.21 Å². The third kappa shape index (κ3) is 3.70. The molecule has 1 saturated carbocycles. The summed E-state index contributed by atoms with van der Waals surface area (Å²) in [6.45, 7) is 4.19. The number of benzene rings is 1. The topological polar surface area (TPSA) is 40.9 Å². The molecule has 20 heavy (non-hydrogen) atoms. The molecule has 3 heteroatoms. The van der Waals surface area contributed by atoms with Crippen LogP contribution in [0.25, 0.3) is 0 Å². The molecule has 2 rings (SSSR count). The number of hydrogen-bond acceptors (Lipinski definition) is 2. The minimum atomic E-state index is -0.883. The average Bonchev–Trinajstić information content (AvgIpc) is 2.46. The highest BCUT2D eigenvalue weighted by Crippen LogP contribution is 2.38. The largest absolute Gasteiger partial charge is 0.259 e. The first-order valence-electron chi connectivity index (χ1n) is 7.43. The van der Waals surface area contributed by atoms with Crippen molar-refractivity contribution in [3.8, 4) is 6.07 Å². The van der Waals surface area contributed by atoms with E-state index in [0.717, 1.165) is 19.3 Å². The van der Waals surface area contributed by atoms with E-state index < -0.39 is 10.8 Å². The van der Waals surface area contributed by atoms with Crippen LogP contribution in [0.5, 0.6) is 0 Å². The lowest BCUT2D eigenvalue weighted by Crippen LogP contribution is -2.33. The van der Waals surface area contributed by atoms with Crippen LogP contribution in [0.3, 0.4) is 0 Å². The van der Waals surface area contributed by atoms with Crippen molar-refractivity contribution >= 4 is 10.8 Å². The van der Waals surface area contributed by atoms with Gasteiger partial charge < -0.3 is 0 Å². The molecule has 1 aromatic rings. The molecule has 0 radical (unpaired) electrons. The van der Waals surface area contributed by atoms with E-state index in [1.165, 1.54) is 5.56 Å². The Morgan fingerprint density at radius 3 is 2.60 bits per heavy atom. The summed E-state index contributed by atoms with van der Waals surface area (Å²) < 4.78 is 12.5. The van der Waals surface area contributed by atoms with Gasteiger partial charge in [0.05, 0.1) is 17.2 Å². The number of hydrogen-bond donors (Lipinski definition) is 0. The van der Waals surface area contributed by atoms with Crippen LogP contribution in [0.2, 0.25) is 0 Å². The lowest BCUT2D eigenvalue weighted by atomic mass is 9.79. The molecule has 0 bridgehead atoms. The molecule has 0 aromatic heterocycles. The normalized spacial score (nSPS) is 28.0. The fourth-order valence-corrected chi connectivity index (χ4v) is 4.96. The zero-order chi connectivity index (χ0) is 14.5. The number of nitriles is 1. The van der Waals surface area contributed by atoms with Crippen molar-refractivity contribution in [2.24, 2.45) is 11.8 Å². The highest BCUT2D eigenvalue weighted by molar-refractivity contribution is 7.85. The monoisotopic (exact) mass is 289 g/mol. The zero-order valence-corrected chi connectivity index (χ0v) is 13.1. The summed E-state index contributed by atoms with van der Waals surface area (Å²) >= 11 is 0. The molecule has 1 aliphatic carbocycles. The van der Waals surface area contributed by atoms with Gasteiger partial charge in [0.25, 0.3) is 0 Å². The molecule has 0 heterocycles. The molecule has 108 valence electrons. The molecule has 0 saturated heterocycles. The Morgan fingerprint density at radius 2 is 2.00 bits per heavy atom. The summed E-state index contributed by atoms with van der Waals surface area (Å²) in [4.78, 5) is 0. The first kappa shape index (κ1) is 15.3. The van der Waals surface area contributed by atoms with Gasteiger partial charge in [-0.1, -0.05) is 44.2 Å². The van der Waals surface area contributed by atoms with E-state index in [9.17, 15) is 9.47 Å². The molecule has 1 fully saturated rings. The van der Waals surface area contributed by atoms with E-state index in [1.54, 1.807) is 0 Å². The summed E-state index contributed by atoms with van der Waals surface area (Å²) in [6, 6.07) is 12.8. The number of rotatable bonds is 4. The molecule has 1 aromatic carbocycles. The van der Waals surface area contributed by atoms with E-state index in [2.05, 4.69) is 44.2 Å². The molecule has 4 atom stereocenters. The Hall–Kier alpha value is -1.14. The molecule has 0 amide bonds. The van der Waals surface area contributed by atoms with Crippen LogP contribution in [-0.2, 0) is 10.8 Å². The van der Waals surface area contributed by atoms with Crippen molar-refractivity contribution in [2.75, 3.05) is 5.75 Å². The first-order valence-corrected chi connectivity index (χ1v) is 8.81. The van der Waals surface area contributed by atoms with Gasteiger partial charge in [-0.15, -0.1) is 0 Å². The summed E-state index contributed by atoms with van der Waals surface area (Å²) in [5, 5.41) is 9.36. The van der Waals surface area contributed by atoms with E-state index in [-0.39, 0.29) is 11.2 Å². The van der Waals surface area contributed by atoms with Crippen LogP contribution in [-0.4, -0.2) is 15.2 Å². The Kier molecular flexibility index (Phi) is 5.37. The van der Waals surface area contributed by atoms with Crippen molar-refractivity contribution in [1.82, 2.24) is 0 Å². The quantitative estimate of drug-likeness (QED) is 0.844. The van der Waals surface area contributed by atoms with Gasteiger partial charge in [0.1, 0.15) is 0 Å². The van der Waals surface area contributed by atoms with E-state index in [1.807, 2.05) is 6.07 Å².